The normalized spacial score (nSPS) is 16.2. The number of nitro benzene ring substituents is 1. The Morgan fingerprint density at radius 3 is 2.50 bits per heavy atom. The molecule has 0 fully saturated rings. The van der Waals surface area contributed by atoms with E-state index in [0.29, 0.717) is 34.2 Å². The van der Waals surface area contributed by atoms with E-state index >= 15 is 0 Å². The summed E-state index contributed by atoms with van der Waals surface area (Å²) in [4.78, 5) is 23.2. The Bertz CT molecular complexity index is 958. The standard InChI is InChI=1S/C20H19Cl2N3O3/c1-3-4-19(26)24-12(2)9-14-10-17(21)18(22)11-16(14)20(23-24)13-5-7-15(8-6-13)25(27)28/h5-8,10-12H,3-4,9H2,1-2H3. The third-order valence-corrected chi connectivity index (χ3v) is 5.33. The largest absolute Gasteiger partial charge is 0.273 e. The molecule has 6 nitrogen and oxygen atoms in total. The first-order valence-corrected chi connectivity index (χ1v) is 9.71. The van der Waals surface area contributed by atoms with Gasteiger partial charge in [-0.3, -0.25) is 14.9 Å². The van der Waals surface area contributed by atoms with Crippen molar-refractivity contribution in [3.8, 4) is 0 Å². The van der Waals surface area contributed by atoms with E-state index in [9.17, 15) is 14.9 Å². The molecule has 28 heavy (non-hydrogen) atoms. The summed E-state index contributed by atoms with van der Waals surface area (Å²) in [7, 11) is 0. The molecule has 0 aromatic heterocycles. The molecule has 3 rings (SSSR count). The first kappa shape index (κ1) is 20.3. The quantitative estimate of drug-likeness (QED) is 0.502. The number of amides is 1. The van der Waals surface area contributed by atoms with E-state index in [1.54, 1.807) is 24.3 Å². The predicted molar refractivity (Wildman–Crippen MR) is 110 cm³/mol. The number of benzene rings is 2. The highest BCUT2D eigenvalue weighted by Gasteiger charge is 2.27. The van der Waals surface area contributed by atoms with Gasteiger partial charge in [-0.1, -0.05) is 30.1 Å². The monoisotopic (exact) mass is 419 g/mol. The van der Waals surface area contributed by atoms with Crippen molar-refractivity contribution >= 4 is 40.5 Å². The molecule has 0 spiro atoms. The molecular formula is C20H19Cl2N3O3. The number of rotatable bonds is 4. The zero-order chi connectivity index (χ0) is 20.4. The zero-order valence-electron chi connectivity index (χ0n) is 15.5. The van der Waals surface area contributed by atoms with Gasteiger partial charge in [0, 0.05) is 29.7 Å². The van der Waals surface area contributed by atoms with Crippen molar-refractivity contribution in [3.05, 3.63) is 73.2 Å². The molecule has 0 aliphatic carbocycles. The summed E-state index contributed by atoms with van der Waals surface area (Å²) in [6.07, 6.45) is 1.68. The van der Waals surface area contributed by atoms with Gasteiger partial charge in [-0.05, 0) is 49.6 Å². The maximum absolute atomic E-state index is 12.6. The molecular weight excluding hydrogens is 401 g/mol. The number of hydrazone groups is 1. The van der Waals surface area contributed by atoms with Gasteiger partial charge in [0.1, 0.15) is 0 Å². The van der Waals surface area contributed by atoms with Crippen molar-refractivity contribution in [2.45, 2.75) is 39.2 Å². The molecule has 0 N–H and O–H groups in total. The van der Waals surface area contributed by atoms with Crippen molar-refractivity contribution in [2.75, 3.05) is 0 Å². The van der Waals surface area contributed by atoms with Crippen LogP contribution < -0.4 is 0 Å². The van der Waals surface area contributed by atoms with Crippen molar-refractivity contribution in [3.63, 3.8) is 0 Å². The van der Waals surface area contributed by atoms with Crippen LogP contribution >= 0.6 is 23.2 Å². The van der Waals surface area contributed by atoms with Crippen LogP contribution in [0.5, 0.6) is 0 Å². The van der Waals surface area contributed by atoms with Gasteiger partial charge < -0.3 is 0 Å². The second kappa shape index (κ2) is 8.29. The van der Waals surface area contributed by atoms with Crippen LogP contribution in [0.4, 0.5) is 5.69 Å². The molecule has 1 heterocycles. The van der Waals surface area contributed by atoms with Crippen LogP contribution in [0.3, 0.4) is 0 Å². The first-order valence-electron chi connectivity index (χ1n) is 8.95. The molecule has 0 radical (unpaired) electrons. The van der Waals surface area contributed by atoms with Gasteiger partial charge >= 0.3 is 0 Å². The summed E-state index contributed by atoms with van der Waals surface area (Å²) < 4.78 is 0. The lowest BCUT2D eigenvalue weighted by atomic mass is 9.94. The average molecular weight is 420 g/mol. The molecule has 1 aliphatic rings. The van der Waals surface area contributed by atoms with Gasteiger partial charge in [-0.15, -0.1) is 0 Å². The van der Waals surface area contributed by atoms with E-state index in [0.717, 1.165) is 17.5 Å². The molecule has 1 aliphatic heterocycles. The third-order valence-electron chi connectivity index (χ3n) is 4.61. The summed E-state index contributed by atoms with van der Waals surface area (Å²) in [6.45, 7) is 3.87. The lowest BCUT2D eigenvalue weighted by Crippen LogP contribution is -2.35. The average Bonchev–Trinajstić information content (AvgIpc) is 2.79. The Balaban J connectivity index is 2.18. The van der Waals surface area contributed by atoms with E-state index in [1.807, 2.05) is 13.8 Å². The van der Waals surface area contributed by atoms with Crippen LogP contribution in [0.25, 0.3) is 0 Å². The van der Waals surface area contributed by atoms with Gasteiger partial charge in [0.15, 0.2) is 0 Å². The number of carbonyl (C=O) groups is 1. The van der Waals surface area contributed by atoms with E-state index in [-0.39, 0.29) is 17.6 Å². The summed E-state index contributed by atoms with van der Waals surface area (Å²) in [6, 6.07) is 9.46. The summed E-state index contributed by atoms with van der Waals surface area (Å²) in [5.74, 6) is -0.0700. The van der Waals surface area contributed by atoms with E-state index < -0.39 is 4.92 Å². The van der Waals surface area contributed by atoms with Crippen LogP contribution in [0.2, 0.25) is 10.0 Å². The lowest BCUT2D eigenvalue weighted by molar-refractivity contribution is -0.384. The fourth-order valence-electron chi connectivity index (χ4n) is 3.23. The summed E-state index contributed by atoms with van der Waals surface area (Å²) >= 11 is 12.5. The minimum Gasteiger partial charge on any atom is -0.273 e. The number of carbonyl (C=O) groups excluding carboxylic acids is 1. The molecule has 8 heteroatoms. The topological polar surface area (TPSA) is 75.8 Å². The fraction of sp³-hybridized carbons (Fsp3) is 0.300. The number of hydrogen-bond donors (Lipinski definition) is 0. The highest BCUT2D eigenvalue weighted by Crippen LogP contribution is 2.31. The summed E-state index contributed by atoms with van der Waals surface area (Å²) in [5.41, 5.74) is 2.87. The Kier molecular flexibility index (Phi) is 6.01. The van der Waals surface area contributed by atoms with Crippen LogP contribution in [-0.2, 0) is 11.2 Å². The van der Waals surface area contributed by atoms with E-state index in [2.05, 4.69) is 5.10 Å². The number of non-ortho nitro benzene ring substituents is 1. The van der Waals surface area contributed by atoms with Crippen LogP contribution in [0.1, 0.15) is 43.4 Å². The van der Waals surface area contributed by atoms with Crippen molar-refractivity contribution in [2.24, 2.45) is 5.10 Å². The van der Waals surface area contributed by atoms with Crippen LogP contribution in [0, 0.1) is 10.1 Å². The Morgan fingerprint density at radius 1 is 1.25 bits per heavy atom. The maximum atomic E-state index is 12.6. The maximum Gasteiger partial charge on any atom is 0.269 e. The molecule has 2 aromatic carbocycles. The molecule has 146 valence electrons. The molecule has 1 amide bonds. The Morgan fingerprint density at radius 2 is 1.89 bits per heavy atom. The van der Waals surface area contributed by atoms with Crippen LogP contribution in [-0.4, -0.2) is 27.6 Å². The number of halogens is 2. The minimum atomic E-state index is -0.456. The first-order chi connectivity index (χ1) is 13.3. The molecule has 2 aromatic rings. The van der Waals surface area contributed by atoms with Gasteiger partial charge in [-0.25, -0.2) is 5.01 Å². The second-order valence-corrected chi connectivity index (χ2v) is 7.53. The molecule has 0 bridgehead atoms. The van der Waals surface area contributed by atoms with Gasteiger partial charge in [-0.2, -0.15) is 5.10 Å². The second-order valence-electron chi connectivity index (χ2n) is 6.72. The molecule has 1 atom stereocenters. The Hall–Kier alpha value is -2.44. The third kappa shape index (κ3) is 4.03. The van der Waals surface area contributed by atoms with Crippen LogP contribution in [0.15, 0.2) is 41.5 Å². The highest BCUT2D eigenvalue weighted by atomic mass is 35.5. The smallest absolute Gasteiger partial charge is 0.269 e. The van der Waals surface area contributed by atoms with Gasteiger partial charge in [0.2, 0.25) is 5.91 Å². The van der Waals surface area contributed by atoms with Gasteiger partial charge in [0.05, 0.1) is 26.7 Å². The fourth-order valence-corrected chi connectivity index (χ4v) is 3.58. The predicted octanol–water partition coefficient (Wildman–Crippen LogP) is 5.23. The number of nitro groups is 1. The van der Waals surface area contributed by atoms with Crippen molar-refractivity contribution < 1.29 is 9.72 Å². The number of nitrogens with zero attached hydrogens (tertiary/aromatic N) is 3. The van der Waals surface area contributed by atoms with E-state index in [4.69, 9.17) is 23.2 Å². The van der Waals surface area contributed by atoms with Crippen molar-refractivity contribution in [1.82, 2.24) is 5.01 Å². The SMILES string of the molecule is CCCC(=O)N1N=C(c2ccc([N+](=O)[O-])cc2)c2cc(Cl)c(Cl)cc2CC1C. The molecule has 0 saturated heterocycles. The zero-order valence-corrected chi connectivity index (χ0v) is 17.0. The molecule has 0 saturated carbocycles. The number of hydrogen-bond acceptors (Lipinski definition) is 4. The van der Waals surface area contributed by atoms with Crippen molar-refractivity contribution in [1.29, 1.82) is 0 Å². The lowest BCUT2D eigenvalue weighted by Gasteiger charge is -2.23. The van der Waals surface area contributed by atoms with Gasteiger partial charge in [0.25, 0.3) is 5.69 Å². The van der Waals surface area contributed by atoms with E-state index in [1.165, 1.54) is 17.1 Å². The molecule has 1 unspecified atom stereocenters. The number of fused-ring (bicyclic) bond motifs is 1. The highest BCUT2D eigenvalue weighted by molar-refractivity contribution is 6.42. The summed E-state index contributed by atoms with van der Waals surface area (Å²) in [5, 5.41) is 18.0. The minimum absolute atomic E-state index is 0.0142. The Labute approximate surface area is 172 Å².